The molecule has 4 rings (SSSR count). The molecule has 0 atom stereocenters. The minimum atomic E-state index is -0.943. The Balaban J connectivity index is 1.40. The monoisotopic (exact) mass is 413 g/mol. The number of hydrogen-bond donors (Lipinski definition) is 1. The SMILES string of the molecule is O=C(NCCOc1ccc2nnc(-c3ccc(F)cc3)n2n1)c1ccc(F)cc1F. The summed E-state index contributed by atoms with van der Waals surface area (Å²) in [5.74, 6) is -2.10. The van der Waals surface area contributed by atoms with Crippen LogP contribution in [-0.4, -0.2) is 38.9 Å². The Bertz CT molecular complexity index is 1210. The Morgan fingerprint density at radius 2 is 1.73 bits per heavy atom. The van der Waals surface area contributed by atoms with Crippen LogP contribution >= 0.6 is 0 Å². The number of hydrogen-bond acceptors (Lipinski definition) is 5. The molecule has 1 N–H and O–H groups in total. The lowest BCUT2D eigenvalue weighted by atomic mass is 10.2. The van der Waals surface area contributed by atoms with Gasteiger partial charge >= 0.3 is 0 Å². The zero-order chi connectivity index (χ0) is 21.1. The van der Waals surface area contributed by atoms with Crippen LogP contribution in [0.25, 0.3) is 17.0 Å². The van der Waals surface area contributed by atoms with Crippen LogP contribution in [0.2, 0.25) is 0 Å². The smallest absolute Gasteiger partial charge is 0.254 e. The van der Waals surface area contributed by atoms with Gasteiger partial charge < -0.3 is 10.1 Å². The fourth-order valence-electron chi connectivity index (χ4n) is 2.72. The molecule has 0 aliphatic heterocycles. The maximum absolute atomic E-state index is 13.6. The molecule has 2 aromatic carbocycles. The van der Waals surface area contributed by atoms with Gasteiger partial charge in [0.2, 0.25) is 5.88 Å². The Hall–Kier alpha value is -3.95. The Labute approximate surface area is 168 Å². The summed E-state index contributed by atoms with van der Waals surface area (Å²) < 4.78 is 46.6. The first-order valence-electron chi connectivity index (χ1n) is 8.86. The van der Waals surface area contributed by atoms with E-state index < -0.39 is 17.5 Å². The highest BCUT2D eigenvalue weighted by Gasteiger charge is 2.13. The lowest BCUT2D eigenvalue weighted by Gasteiger charge is -2.08. The predicted octanol–water partition coefficient (Wildman–Crippen LogP) is 3.02. The molecular formula is C20H14F3N5O2. The van der Waals surface area contributed by atoms with Crippen LogP contribution in [0.5, 0.6) is 5.88 Å². The first-order chi connectivity index (χ1) is 14.5. The molecule has 0 spiro atoms. The summed E-state index contributed by atoms with van der Waals surface area (Å²) in [6.07, 6.45) is 0. The van der Waals surface area contributed by atoms with Crippen LogP contribution in [-0.2, 0) is 0 Å². The number of halogens is 3. The topological polar surface area (TPSA) is 81.4 Å². The molecule has 0 unspecified atom stereocenters. The molecular weight excluding hydrogens is 399 g/mol. The predicted molar refractivity (Wildman–Crippen MR) is 100 cm³/mol. The van der Waals surface area contributed by atoms with E-state index in [1.54, 1.807) is 24.3 Å². The molecule has 1 amide bonds. The second-order valence-electron chi connectivity index (χ2n) is 6.20. The number of amides is 1. The van der Waals surface area contributed by atoms with Crippen molar-refractivity contribution in [1.82, 2.24) is 25.1 Å². The zero-order valence-electron chi connectivity index (χ0n) is 15.3. The average Bonchev–Trinajstić information content (AvgIpc) is 3.15. The highest BCUT2D eigenvalue weighted by Crippen LogP contribution is 2.19. The van der Waals surface area contributed by atoms with Gasteiger partial charge in [-0.3, -0.25) is 4.79 Å². The molecule has 4 aromatic rings. The molecule has 7 nitrogen and oxygen atoms in total. The van der Waals surface area contributed by atoms with E-state index in [4.69, 9.17) is 4.74 Å². The number of ether oxygens (including phenoxy) is 1. The summed E-state index contributed by atoms with van der Waals surface area (Å²) in [6, 6.07) is 11.7. The van der Waals surface area contributed by atoms with Crippen molar-refractivity contribution in [3.05, 3.63) is 77.6 Å². The van der Waals surface area contributed by atoms with Gasteiger partial charge in [-0.15, -0.1) is 15.3 Å². The summed E-state index contributed by atoms with van der Waals surface area (Å²) in [5.41, 5.74) is 0.841. The third-order valence-electron chi connectivity index (χ3n) is 4.15. The lowest BCUT2D eigenvalue weighted by Crippen LogP contribution is -2.29. The number of nitrogens with zero attached hydrogens (tertiary/aromatic N) is 4. The van der Waals surface area contributed by atoms with Crippen molar-refractivity contribution in [3.8, 4) is 17.3 Å². The summed E-state index contributed by atoms with van der Waals surface area (Å²) in [4.78, 5) is 12.0. The molecule has 0 radical (unpaired) electrons. The molecule has 152 valence electrons. The number of benzene rings is 2. The van der Waals surface area contributed by atoms with E-state index in [2.05, 4.69) is 20.6 Å². The van der Waals surface area contributed by atoms with Gasteiger partial charge in [0.15, 0.2) is 11.5 Å². The van der Waals surface area contributed by atoms with Gasteiger partial charge in [-0.1, -0.05) is 0 Å². The second-order valence-corrected chi connectivity index (χ2v) is 6.20. The van der Waals surface area contributed by atoms with Gasteiger partial charge in [0.1, 0.15) is 24.1 Å². The number of nitrogens with one attached hydrogen (secondary N) is 1. The maximum atomic E-state index is 13.6. The van der Waals surface area contributed by atoms with E-state index in [1.165, 1.54) is 16.6 Å². The van der Waals surface area contributed by atoms with Crippen LogP contribution in [0.3, 0.4) is 0 Å². The van der Waals surface area contributed by atoms with Gasteiger partial charge in [-0.05, 0) is 42.5 Å². The third kappa shape index (κ3) is 4.07. The fourth-order valence-corrected chi connectivity index (χ4v) is 2.72. The van der Waals surface area contributed by atoms with E-state index >= 15 is 0 Å². The summed E-state index contributed by atoms with van der Waals surface area (Å²) in [7, 11) is 0. The third-order valence-corrected chi connectivity index (χ3v) is 4.15. The van der Waals surface area contributed by atoms with Crippen LogP contribution < -0.4 is 10.1 Å². The van der Waals surface area contributed by atoms with Crippen molar-refractivity contribution < 1.29 is 22.7 Å². The van der Waals surface area contributed by atoms with Crippen molar-refractivity contribution in [1.29, 1.82) is 0 Å². The van der Waals surface area contributed by atoms with Gasteiger partial charge in [0.25, 0.3) is 5.91 Å². The molecule has 0 saturated heterocycles. The first kappa shape index (κ1) is 19.4. The number of carbonyl (C=O) groups excluding carboxylic acids is 1. The highest BCUT2D eigenvalue weighted by atomic mass is 19.1. The van der Waals surface area contributed by atoms with E-state index in [0.29, 0.717) is 23.1 Å². The number of fused-ring (bicyclic) bond motifs is 1. The average molecular weight is 413 g/mol. The minimum Gasteiger partial charge on any atom is -0.475 e. The fraction of sp³-hybridized carbons (Fsp3) is 0.100. The first-order valence-corrected chi connectivity index (χ1v) is 8.86. The Morgan fingerprint density at radius 1 is 0.967 bits per heavy atom. The van der Waals surface area contributed by atoms with Crippen LogP contribution in [0.15, 0.2) is 54.6 Å². The van der Waals surface area contributed by atoms with Crippen LogP contribution in [0.1, 0.15) is 10.4 Å². The second kappa shape index (κ2) is 8.19. The zero-order valence-corrected chi connectivity index (χ0v) is 15.3. The molecule has 0 bridgehead atoms. The van der Waals surface area contributed by atoms with Crippen molar-refractivity contribution in [3.63, 3.8) is 0 Å². The van der Waals surface area contributed by atoms with E-state index in [1.807, 2.05) is 0 Å². The molecule has 2 aromatic heterocycles. The highest BCUT2D eigenvalue weighted by molar-refractivity contribution is 5.94. The normalized spacial score (nSPS) is 10.9. The van der Waals surface area contributed by atoms with Gasteiger partial charge in [0.05, 0.1) is 12.1 Å². The lowest BCUT2D eigenvalue weighted by molar-refractivity contribution is 0.0942. The molecule has 0 fully saturated rings. The van der Waals surface area contributed by atoms with Crippen molar-refractivity contribution >= 4 is 11.6 Å². The standard InChI is InChI=1S/C20H14F3N5O2/c21-13-3-1-12(2-4-13)19-26-25-17-7-8-18(27-28(17)19)30-10-9-24-20(29)15-6-5-14(22)11-16(15)23/h1-8,11H,9-10H2,(H,24,29). The summed E-state index contributed by atoms with van der Waals surface area (Å²) in [5, 5.41) is 14.8. The molecule has 0 aliphatic rings. The van der Waals surface area contributed by atoms with Gasteiger partial charge in [-0.2, -0.15) is 4.52 Å². The van der Waals surface area contributed by atoms with E-state index in [0.717, 1.165) is 12.1 Å². The van der Waals surface area contributed by atoms with Crippen LogP contribution in [0.4, 0.5) is 13.2 Å². The van der Waals surface area contributed by atoms with Crippen molar-refractivity contribution in [2.45, 2.75) is 0 Å². The molecule has 0 aliphatic carbocycles. The molecule has 30 heavy (non-hydrogen) atoms. The van der Waals surface area contributed by atoms with E-state index in [9.17, 15) is 18.0 Å². The number of aromatic nitrogens is 4. The van der Waals surface area contributed by atoms with Gasteiger partial charge in [-0.25, -0.2) is 13.2 Å². The van der Waals surface area contributed by atoms with Crippen LogP contribution in [0, 0.1) is 17.5 Å². The number of rotatable bonds is 6. The van der Waals surface area contributed by atoms with Crippen molar-refractivity contribution in [2.75, 3.05) is 13.2 Å². The minimum absolute atomic E-state index is 0.0566. The quantitative estimate of drug-likeness (QED) is 0.492. The van der Waals surface area contributed by atoms with Crippen molar-refractivity contribution in [2.24, 2.45) is 0 Å². The number of carbonyl (C=O) groups is 1. The Kier molecular flexibility index (Phi) is 5.29. The molecule has 10 heteroatoms. The molecule has 0 saturated carbocycles. The van der Waals surface area contributed by atoms with Gasteiger partial charge in [0, 0.05) is 17.7 Å². The summed E-state index contributed by atoms with van der Waals surface area (Å²) >= 11 is 0. The maximum Gasteiger partial charge on any atom is 0.254 e. The van der Waals surface area contributed by atoms with E-state index in [-0.39, 0.29) is 30.4 Å². The largest absolute Gasteiger partial charge is 0.475 e. The molecule has 2 heterocycles. The Morgan fingerprint density at radius 3 is 2.50 bits per heavy atom. The summed E-state index contributed by atoms with van der Waals surface area (Å²) in [6.45, 7) is 0.128.